The zero-order valence-electron chi connectivity index (χ0n) is 15.3. The second kappa shape index (κ2) is 8.62. The van der Waals surface area contributed by atoms with Crippen LogP contribution in [0.15, 0.2) is 36.7 Å². The fourth-order valence-corrected chi connectivity index (χ4v) is 2.88. The summed E-state index contributed by atoms with van der Waals surface area (Å²) in [5, 5.41) is 2.87. The smallest absolute Gasteiger partial charge is 0.225 e. The standard InChI is InChI=1S/C19H25N5O2/c1-23-9-11-24(12-10-23)18-13-17(20-14-21-18)22-19(25)8-5-15-3-6-16(26-2)7-4-15/h3-4,6-7,13-14H,5,8-12H2,1-2H3,(H,20,21,22,25). The van der Waals surface area contributed by atoms with Gasteiger partial charge < -0.3 is 19.9 Å². The molecule has 1 N–H and O–H groups in total. The summed E-state index contributed by atoms with van der Waals surface area (Å²) in [4.78, 5) is 25.2. The third kappa shape index (κ3) is 4.92. The third-order valence-electron chi connectivity index (χ3n) is 4.55. The van der Waals surface area contributed by atoms with E-state index in [0.29, 0.717) is 18.7 Å². The van der Waals surface area contributed by atoms with Crippen LogP contribution in [-0.4, -0.2) is 61.1 Å². The number of piperazine rings is 1. The van der Waals surface area contributed by atoms with Crippen LogP contribution in [0, 0.1) is 0 Å². The average Bonchev–Trinajstić information content (AvgIpc) is 2.67. The lowest BCUT2D eigenvalue weighted by molar-refractivity contribution is -0.116. The van der Waals surface area contributed by atoms with Gasteiger partial charge in [-0.3, -0.25) is 4.79 Å². The minimum Gasteiger partial charge on any atom is -0.497 e. The Kier molecular flexibility index (Phi) is 6.01. The number of nitrogens with zero attached hydrogens (tertiary/aromatic N) is 4. The van der Waals surface area contributed by atoms with E-state index in [1.54, 1.807) is 7.11 Å². The molecule has 0 spiro atoms. The van der Waals surface area contributed by atoms with Crippen molar-refractivity contribution in [2.24, 2.45) is 0 Å². The Morgan fingerprint density at radius 1 is 1.15 bits per heavy atom. The van der Waals surface area contributed by atoms with E-state index in [-0.39, 0.29) is 5.91 Å². The Morgan fingerprint density at radius 3 is 2.58 bits per heavy atom. The van der Waals surface area contributed by atoms with Gasteiger partial charge >= 0.3 is 0 Å². The number of ether oxygens (including phenoxy) is 1. The monoisotopic (exact) mass is 355 g/mol. The minimum absolute atomic E-state index is 0.0520. The molecule has 1 aromatic heterocycles. The van der Waals surface area contributed by atoms with Gasteiger partial charge in [-0.05, 0) is 31.2 Å². The van der Waals surface area contributed by atoms with Gasteiger partial charge in [0.2, 0.25) is 5.91 Å². The van der Waals surface area contributed by atoms with Crippen molar-refractivity contribution in [1.82, 2.24) is 14.9 Å². The number of rotatable bonds is 6. The van der Waals surface area contributed by atoms with E-state index in [4.69, 9.17) is 4.74 Å². The lowest BCUT2D eigenvalue weighted by Gasteiger charge is -2.33. The van der Waals surface area contributed by atoms with E-state index in [2.05, 4.69) is 32.1 Å². The molecular formula is C19H25N5O2. The van der Waals surface area contributed by atoms with E-state index in [1.807, 2.05) is 30.3 Å². The molecule has 26 heavy (non-hydrogen) atoms. The molecule has 1 aromatic carbocycles. The first-order valence-corrected chi connectivity index (χ1v) is 8.82. The fraction of sp³-hybridized carbons (Fsp3) is 0.421. The molecule has 1 aliphatic rings. The maximum Gasteiger partial charge on any atom is 0.225 e. The lowest BCUT2D eigenvalue weighted by atomic mass is 10.1. The van der Waals surface area contributed by atoms with Crippen molar-refractivity contribution >= 4 is 17.5 Å². The lowest BCUT2D eigenvalue weighted by Crippen LogP contribution is -2.44. The Labute approximate surface area is 154 Å². The Balaban J connectivity index is 1.53. The largest absolute Gasteiger partial charge is 0.497 e. The number of aryl methyl sites for hydroxylation is 1. The summed E-state index contributed by atoms with van der Waals surface area (Å²) in [6.45, 7) is 3.87. The van der Waals surface area contributed by atoms with Gasteiger partial charge in [0.1, 0.15) is 23.7 Å². The molecule has 0 radical (unpaired) electrons. The van der Waals surface area contributed by atoms with Crippen LogP contribution in [0.4, 0.5) is 11.6 Å². The Hall–Kier alpha value is -2.67. The second-order valence-corrected chi connectivity index (χ2v) is 6.45. The summed E-state index contributed by atoms with van der Waals surface area (Å²) in [5.74, 6) is 2.17. The molecule has 1 fully saturated rings. The molecule has 138 valence electrons. The molecule has 1 amide bonds. The molecule has 3 rings (SSSR count). The van der Waals surface area contributed by atoms with Crippen LogP contribution in [0.3, 0.4) is 0 Å². The molecule has 2 aromatic rings. The van der Waals surface area contributed by atoms with Crippen molar-refractivity contribution in [2.75, 3.05) is 50.6 Å². The molecule has 7 nitrogen and oxygen atoms in total. The van der Waals surface area contributed by atoms with Gasteiger partial charge in [0, 0.05) is 38.7 Å². The molecule has 0 bridgehead atoms. The van der Waals surface area contributed by atoms with Gasteiger partial charge in [0.15, 0.2) is 0 Å². The van der Waals surface area contributed by atoms with Gasteiger partial charge in [-0.15, -0.1) is 0 Å². The Bertz CT molecular complexity index is 727. The van der Waals surface area contributed by atoms with Crippen LogP contribution in [0.2, 0.25) is 0 Å². The number of anilines is 2. The molecule has 0 unspecified atom stereocenters. The zero-order chi connectivity index (χ0) is 18.4. The Morgan fingerprint density at radius 2 is 1.88 bits per heavy atom. The number of benzene rings is 1. The van der Waals surface area contributed by atoms with E-state index >= 15 is 0 Å². The van der Waals surface area contributed by atoms with Crippen LogP contribution in [0.5, 0.6) is 5.75 Å². The number of amides is 1. The van der Waals surface area contributed by atoms with E-state index in [0.717, 1.165) is 43.3 Å². The molecule has 7 heteroatoms. The molecule has 2 heterocycles. The first-order chi connectivity index (χ1) is 12.6. The number of carbonyl (C=O) groups is 1. The third-order valence-corrected chi connectivity index (χ3v) is 4.55. The predicted octanol–water partition coefficient (Wildman–Crippen LogP) is 1.81. The minimum atomic E-state index is -0.0520. The number of likely N-dealkylation sites (N-methyl/N-ethyl adjacent to an activating group) is 1. The van der Waals surface area contributed by atoms with E-state index in [1.165, 1.54) is 6.33 Å². The van der Waals surface area contributed by atoms with Gasteiger partial charge in [-0.2, -0.15) is 0 Å². The van der Waals surface area contributed by atoms with Crippen molar-refractivity contribution in [3.8, 4) is 5.75 Å². The van der Waals surface area contributed by atoms with Crippen LogP contribution < -0.4 is 15.0 Å². The van der Waals surface area contributed by atoms with E-state index < -0.39 is 0 Å². The normalized spacial score (nSPS) is 14.9. The summed E-state index contributed by atoms with van der Waals surface area (Å²) in [5.41, 5.74) is 1.10. The highest BCUT2D eigenvalue weighted by Crippen LogP contribution is 2.17. The summed E-state index contributed by atoms with van der Waals surface area (Å²) < 4.78 is 5.14. The van der Waals surface area contributed by atoms with Gasteiger partial charge in [-0.25, -0.2) is 9.97 Å². The van der Waals surface area contributed by atoms with Crippen LogP contribution >= 0.6 is 0 Å². The molecule has 0 saturated carbocycles. The molecular weight excluding hydrogens is 330 g/mol. The van der Waals surface area contributed by atoms with Crippen molar-refractivity contribution in [3.05, 3.63) is 42.2 Å². The number of nitrogens with one attached hydrogen (secondary N) is 1. The van der Waals surface area contributed by atoms with Crippen molar-refractivity contribution in [3.63, 3.8) is 0 Å². The summed E-state index contributed by atoms with van der Waals surface area (Å²) in [6.07, 6.45) is 2.58. The SMILES string of the molecule is COc1ccc(CCC(=O)Nc2cc(N3CCN(C)CC3)ncn2)cc1. The zero-order valence-corrected chi connectivity index (χ0v) is 15.3. The van der Waals surface area contributed by atoms with Crippen LogP contribution in [0.1, 0.15) is 12.0 Å². The van der Waals surface area contributed by atoms with Gasteiger partial charge in [-0.1, -0.05) is 12.1 Å². The number of hydrogen-bond donors (Lipinski definition) is 1. The molecule has 0 atom stereocenters. The fourth-order valence-electron chi connectivity index (χ4n) is 2.88. The highest BCUT2D eigenvalue weighted by molar-refractivity contribution is 5.90. The first-order valence-electron chi connectivity index (χ1n) is 8.82. The highest BCUT2D eigenvalue weighted by Gasteiger charge is 2.16. The summed E-state index contributed by atoms with van der Waals surface area (Å²) >= 11 is 0. The van der Waals surface area contributed by atoms with Crippen LogP contribution in [0.25, 0.3) is 0 Å². The average molecular weight is 355 g/mol. The van der Waals surface area contributed by atoms with Crippen molar-refractivity contribution in [2.45, 2.75) is 12.8 Å². The first kappa shape index (κ1) is 18.1. The number of carbonyl (C=O) groups excluding carboxylic acids is 1. The summed E-state index contributed by atoms with van der Waals surface area (Å²) in [6, 6.07) is 9.60. The summed E-state index contributed by atoms with van der Waals surface area (Å²) in [7, 11) is 3.76. The predicted molar refractivity (Wildman–Crippen MR) is 102 cm³/mol. The van der Waals surface area contributed by atoms with Gasteiger partial charge in [0.05, 0.1) is 7.11 Å². The van der Waals surface area contributed by atoms with E-state index in [9.17, 15) is 4.79 Å². The topological polar surface area (TPSA) is 70.6 Å². The molecule has 1 aliphatic heterocycles. The number of aromatic nitrogens is 2. The molecule has 0 aliphatic carbocycles. The number of hydrogen-bond acceptors (Lipinski definition) is 6. The molecule has 1 saturated heterocycles. The van der Waals surface area contributed by atoms with Crippen molar-refractivity contribution < 1.29 is 9.53 Å². The maximum absolute atomic E-state index is 12.2. The van der Waals surface area contributed by atoms with Gasteiger partial charge in [0.25, 0.3) is 0 Å². The number of methoxy groups -OCH3 is 1. The maximum atomic E-state index is 12.2. The quantitative estimate of drug-likeness (QED) is 0.852. The second-order valence-electron chi connectivity index (χ2n) is 6.45. The van der Waals surface area contributed by atoms with Crippen molar-refractivity contribution in [1.29, 1.82) is 0 Å². The van der Waals surface area contributed by atoms with Crippen LogP contribution in [-0.2, 0) is 11.2 Å². The highest BCUT2D eigenvalue weighted by atomic mass is 16.5.